The Labute approximate surface area is 178 Å². The van der Waals surface area contributed by atoms with Crippen molar-refractivity contribution in [3.05, 3.63) is 30.1 Å². The van der Waals surface area contributed by atoms with Crippen LogP contribution in [0.25, 0.3) is 0 Å². The van der Waals surface area contributed by atoms with Crippen LogP contribution in [0.4, 0.5) is 0 Å². The van der Waals surface area contributed by atoms with Crippen molar-refractivity contribution >= 4 is 11.8 Å². The van der Waals surface area contributed by atoms with Gasteiger partial charge in [-0.3, -0.25) is 24.4 Å². The zero-order valence-electron chi connectivity index (χ0n) is 17.7. The largest absolute Gasteiger partial charge is 0.393 e. The Kier molecular flexibility index (Phi) is 6.65. The molecule has 2 amide bonds. The quantitative estimate of drug-likeness (QED) is 0.715. The predicted octanol–water partition coefficient (Wildman–Crippen LogP) is 0.218. The second kappa shape index (κ2) is 9.41. The number of piperidine rings is 1. The molecular formula is C22H33N5O3. The molecule has 8 heteroatoms. The van der Waals surface area contributed by atoms with Gasteiger partial charge in [-0.05, 0) is 44.9 Å². The highest BCUT2D eigenvalue weighted by atomic mass is 16.3. The summed E-state index contributed by atoms with van der Waals surface area (Å²) in [6.45, 7) is 3.40. The van der Waals surface area contributed by atoms with Crippen LogP contribution < -0.4 is 5.32 Å². The van der Waals surface area contributed by atoms with Gasteiger partial charge in [0.25, 0.3) is 0 Å². The Bertz CT molecular complexity index is 738. The fourth-order valence-electron chi connectivity index (χ4n) is 5.09. The fraction of sp³-hybridized carbons (Fsp3) is 0.682. The van der Waals surface area contributed by atoms with Gasteiger partial charge in [-0.2, -0.15) is 0 Å². The number of amides is 2. The summed E-state index contributed by atoms with van der Waals surface area (Å²) in [5, 5.41) is 12.8. The lowest BCUT2D eigenvalue weighted by molar-refractivity contribution is -0.133. The van der Waals surface area contributed by atoms with Crippen molar-refractivity contribution < 1.29 is 14.7 Å². The van der Waals surface area contributed by atoms with E-state index >= 15 is 0 Å². The third kappa shape index (κ3) is 4.66. The number of hydrogen-bond acceptors (Lipinski definition) is 6. The molecule has 0 saturated carbocycles. The Morgan fingerprint density at radius 2 is 2.03 bits per heavy atom. The summed E-state index contributed by atoms with van der Waals surface area (Å²) in [5.74, 6) is 0.241. The van der Waals surface area contributed by atoms with Crippen molar-refractivity contribution in [1.82, 2.24) is 25.0 Å². The number of likely N-dealkylation sites (tertiary alicyclic amines) is 2. The number of aliphatic hydroxyl groups is 1. The van der Waals surface area contributed by atoms with E-state index in [1.54, 1.807) is 6.20 Å². The Morgan fingerprint density at radius 3 is 2.77 bits per heavy atom. The van der Waals surface area contributed by atoms with E-state index in [0.29, 0.717) is 45.4 Å². The Hall–Kier alpha value is -2.03. The van der Waals surface area contributed by atoms with E-state index in [0.717, 1.165) is 25.1 Å². The zero-order valence-corrected chi connectivity index (χ0v) is 17.7. The summed E-state index contributed by atoms with van der Waals surface area (Å²) in [6, 6.07) is 6.01. The van der Waals surface area contributed by atoms with E-state index in [4.69, 9.17) is 0 Å². The summed E-state index contributed by atoms with van der Waals surface area (Å²) in [6.07, 6.45) is 5.01. The van der Waals surface area contributed by atoms with E-state index in [2.05, 4.69) is 27.1 Å². The van der Waals surface area contributed by atoms with Crippen molar-refractivity contribution in [2.24, 2.45) is 0 Å². The normalized spacial score (nSPS) is 28.8. The molecule has 8 nitrogen and oxygen atoms in total. The molecule has 0 aromatic carbocycles. The number of aliphatic hydroxyl groups excluding tert-OH is 1. The summed E-state index contributed by atoms with van der Waals surface area (Å²) in [4.78, 5) is 36.3. The number of carbonyl (C=O) groups is 2. The van der Waals surface area contributed by atoms with Crippen LogP contribution in [0.1, 0.15) is 37.8 Å². The molecule has 3 unspecified atom stereocenters. The van der Waals surface area contributed by atoms with Gasteiger partial charge >= 0.3 is 0 Å². The number of rotatable bonds is 5. The number of carbonyl (C=O) groups excluding carboxylic acids is 2. The minimum Gasteiger partial charge on any atom is -0.393 e. The van der Waals surface area contributed by atoms with Crippen molar-refractivity contribution in [2.45, 2.75) is 62.9 Å². The average molecular weight is 416 g/mol. The van der Waals surface area contributed by atoms with Crippen LogP contribution in [-0.4, -0.2) is 94.1 Å². The average Bonchev–Trinajstić information content (AvgIpc) is 3.12. The molecule has 1 aromatic heterocycles. The minimum atomic E-state index is -0.273. The minimum absolute atomic E-state index is 0.0825. The van der Waals surface area contributed by atoms with E-state index in [1.165, 1.54) is 0 Å². The molecule has 3 aliphatic heterocycles. The van der Waals surface area contributed by atoms with Gasteiger partial charge in [0.1, 0.15) is 6.04 Å². The highest BCUT2D eigenvalue weighted by Crippen LogP contribution is 2.28. The number of aromatic nitrogens is 1. The maximum absolute atomic E-state index is 12.9. The molecule has 2 N–H and O–H groups in total. The van der Waals surface area contributed by atoms with Gasteiger partial charge < -0.3 is 15.3 Å². The third-order valence-electron chi connectivity index (χ3n) is 6.95. The number of likely N-dealkylation sites (N-methyl/N-ethyl adjacent to an activating group) is 1. The molecule has 3 fully saturated rings. The van der Waals surface area contributed by atoms with Gasteiger partial charge in [-0.25, -0.2) is 0 Å². The number of pyridine rings is 1. The molecule has 0 spiro atoms. The van der Waals surface area contributed by atoms with Gasteiger partial charge in [-0.15, -0.1) is 0 Å². The first-order chi connectivity index (χ1) is 14.5. The van der Waals surface area contributed by atoms with E-state index < -0.39 is 0 Å². The third-order valence-corrected chi connectivity index (χ3v) is 6.95. The molecule has 3 aliphatic rings. The topological polar surface area (TPSA) is 89.0 Å². The maximum atomic E-state index is 12.9. The summed E-state index contributed by atoms with van der Waals surface area (Å²) in [5.41, 5.74) is 0.978. The molecule has 0 radical (unpaired) electrons. The van der Waals surface area contributed by atoms with Crippen molar-refractivity contribution in [3.63, 3.8) is 0 Å². The van der Waals surface area contributed by atoms with Crippen LogP contribution in [0.3, 0.4) is 0 Å². The zero-order chi connectivity index (χ0) is 21.1. The van der Waals surface area contributed by atoms with Gasteiger partial charge in [0.15, 0.2) is 0 Å². The highest BCUT2D eigenvalue weighted by Gasteiger charge is 2.45. The van der Waals surface area contributed by atoms with E-state index in [9.17, 15) is 14.7 Å². The molecular weight excluding hydrogens is 382 g/mol. The van der Waals surface area contributed by atoms with E-state index in [-0.39, 0.29) is 36.0 Å². The standard InChI is InChI=1S/C22H33N5O3/c1-25-17(5-6-20(29)26-11-7-18(28)8-12-26)14-24-22(30)21-19(25)9-13-27(21)15-16-4-2-3-10-23-16/h2-4,10,17-19,21,28H,5-9,11-15H2,1H3,(H,24,30). The molecule has 30 heavy (non-hydrogen) atoms. The molecule has 0 aliphatic carbocycles. The van der Waals surface area contributed by atoms with Crippen LogP contribution in [0.5, 0.6) is 0 Å². The fourth-order valence-corrected chi connectivity index (χ4v) is 5.09. The first kappa shape index (κ1) is 21.2. The first-order valence-corrected chi connectivity index (χ1v) is 11.1. The summed E-state index contributed by atoms with van der Waals surface area (Å²) in [7, 11) is 2.09. The first-order valence-electron chi connectivity index (χ1n) is 11.1. The summed E-state index contributed by atoms with van der Waals surface area (Å²) < 4.78 is 0. The van der Waals surface area contributed by atoms with E-state index in [1.807, 2.05) is 23.1 Å². The van der Waals surface area contributed by atoms with Gasteiger partial charge in [0.2, 0.25) is 11.8 Å². The van der Waals surface area contributed by atoms with Crippen LogP contribution in [0, 0.1) is 0 Å². The molecule has 164 valence electrons. The maximum Gasteiger partial charge on any atom is 0.239 e. The van der Waals surface area contributed by atoms with Crippen LogP contribution in [0.15, 0.2) is 24.4 Å². The highest BCUT2D eigenvalue weighted by molar-refractivity contribution is 5.83. The smallest absolute Gasteiger partial charge is 0.239 e. The molecule has 3 atom stereocenters. The van der Waals surface area contributed by atoms with Crippen LogP contribution in [-0.2, 0) is 16.1 Å². The molecule has 3 saturated heterocycles. The van der Waals surface area contributed by atoms with Crippen molar-refractivity contribution in [3.8, 4) is 0 Å². The number of nitrogens with zero attached hydrogens (tertiary/aromatic N) is 4. The Balaban J connectivity index is 1.35. The van der Waals surface area contributed by atoms with Crippen LogP contribution in [0.2, 0.25) is 0 Å². The predicted molar refractivity (Wildman–Crippen MR) is 112 cm³/mol. The van der Waals surface area contributed by atoms with Gasteiger partial charge in [0, 0.05) is 57.4 Å². The Morgan fingerprint density at radius 1 is 1.23 bits per heavy atom. The van der Waals surface area contributed by atoms with Crippen LogP contribution >= 0.6 is 0 Å². The SMILES string of the molecule is CN1C(CCC(=O)N2CCC(O)CC2)CNC(=O)C2C1CCN2Cc1ccccn1. The lowest BCUT2D eigenvalue weighted by Gasteiger charge is -2.34. The van der Waals surface area contributed by atoms with Crippen molar-refractivity contribution in [2.75, 3.05) is 33.2 Å². The van der Waals surface area contributed by atoms with Gasteiger partial charge in [-0.1, -0.05) is 6.07 Å². The monoisotopic (exact) mass is 415 g/mol. The number of hydrogen-bond donors (Lipinski definition) is 2. The lowest BCUT2D eigenvalue weighted by Crippen LogP contribution is -2.49. The summed E-state index contributed by atoms with van der Waals surface area (Å²) >= 11 is 0. The second-order valence-electron chi connectivity index (χ2n) is 8.81. The molecule has 1 aromatic rings. The second-order valence-corrected chi connectivity index (χ2v) is 8.81. The number of fused-ring (bicyclic) bond motifs is 1. The van der Waals surface area contributed by atoms with Crippen molar-refractivity contribution in [1.29, 1.82) is 0 Å². The molecule has 4 heterocycles. The number of nitrogens with one attached hydrogen (secondary N) is 1. The molecule has 0 bridgehead atoms. The molecule has 4 rings (SSSR count). The lowest BCUT2D eigenvalue weighted by atomic mass is 10.0. The van der Waals surface area contributed by atoms with Gasteiger partial charge in [0.05, 0.1) is 11.8 Å².